The molecule has 2 aromatic rings. The van der Waals surface area contributed by atoms with Crippen molar-refractivity contribution in [1.29, 1.82) is 0 Å². The molecule has 4 heterocycles. The molecule has 0 saturated carbocycles. The summed E-state index contributed by atoms with van der Waals surface area (Å²) >= 11 is 0. The van der Waals surface area contributed by atoms with E-state index in [1.165, 1.54) is 5.56 Å². The van der Waals surface area contributed by atoms with E-state index in [9.17, 15) is 4.79 Å². The molecule has 2 aromatic heterocycles. The van der Waals surface area contributed by atoms with Crippen LogP contribution in [0.15, 0.2) is 24.5 Å². The minimum Gasteiger partial charge on any atom is -0.379 e. The lowest BCUT2D eigenvalue weighted by molar-refractivity contribution is -0.121. The van der Waals surface area contributed by atoms with Gasteiger partial charge in [0.05, 0.1) is 24.5 Å². The Kier molecular flexibility index (Phi) is 10.1. The summed E-state index contributed by atoms with van der Waals surface area (Å²) < 4.78 is 5.44. The number of ether oxygens (including phenoxy) is 1. The quantitative estimate of drug-likeness (QED) is 0.612. The Morgan fingerprint density at radius 2 is 1.57 bits per heavy atom. The van der Waals surface area contributed by atoms with Crippen LogP contribution in [-0.2, 0) is 16.1 Å². The van der Waals surface area contributed by atoms with Gasteiger partial charge in [-0.15, -0.1) is 0 Å². The fraction of sp³-hybridized carbons (Fsp3) is 0.615. The first-order valence-electron chi connectivity index (χ1n) is 13.1. The summed E-state index contributed by atoms with van der Waals surface area (Å²) in [5.41, 5.74) is 2.97. The van der Waals surface area contributed by atoms with E-state index in [-0.39, 0.29) is 5.91 Å². The number of anilines is 2. The Labute approximate surface area is 208 Å². The van der Waals surface area contributed by atoms with E-state index in [0.29, 0.717) is 12.4 Å². The van der Waals surface area contributed by atoms with Gasteiger partial charge < -0.3 is 20.7 Å². The van der Waals surface area contributed by atoms with Crippen molar-refractivity contribution in [2.24, 2.45) is 0 Å². The molecule has 35 heavy (non-hydrogen) atoms. The maximum atomic E-state index is 12.0. The Morgan fingerprint density at radius 1 is 0.829 bits per heavy atom. The predicted molar refractivity (Wildman–Crippen MR) is 138 cm³/mol. The molecule has 0 radical (unpaired) electrons. The normalized spacial score (nSPS) is 19.5. The Morgan fingerprint density at radius 3 is 2.34 bits per heavy atom. The number of hydrogen-bond donors (Lipinski definition) is 3. The van der Waals surface area contributed by atoms with Crippen LogP contribution in [0.5, 0.6) is 0 Å². The Bertz CT molecular complexity index is 916. The average molecular weight is 482 g/mol. The SMILES string of the molecule is O=C1CCCCCNc2nc(ncc2-c2ccc(CN3CCOCC3)cn2)NCCCCCCN1. The fourth-order valence-corrected chi connectivity index (χ4v) is 4.40. The average Bonchev–Trinajstić information content (AvgIpc) is 2.88. The van der Waals surface area contributed by atoms with E-state index in [4.69, 9.17) is 14.7 Å². The monoisotopic (exact) mass is 481 g/mol. The third-order valence-corrected chi connectivity index (χ3v) is 6.48. The van der Waals surface area contributed by atoms with E-state index in [2.05, 4.69) is 38.0 Å². The predicted octanol–water partition coefficient (Wildman–Crippen LogP) is 3.45. The zero-order valence-corrected chi connectivity index (χ0v) is 20.7. The molecule has 4 rings (SSSR count). The lowest BCUT2D eigenvalue weighted by Gasteiger charge is -2.26. The number of aromatic nitrogens is 3. The molecule has 0 spiro atoms. The molecule has 9 heteroatoms. The van der Waals surface area contributed by atoms with Gasteiger partial charge in [-0.3, -0.25) is 14.7 Å². The minimum atomic E-state index is 0.173. The first-order chi connectivity index (χ1) is 17.3. The molecule has 2 aliphatic heterocycles. The zero-order chi connectivity index (χ0) is 24.1. The van der Waals surface area contributed by atoms with Gasteiger partial charge in [0, 0.05) is 58.1 Å². The third-order valence-electron chi connectivity index (χ3n) is 6.48. The van der Waals surface area contributed by atoms with Crippen LogP contribution in [0.3, 0.4) is 0 Å². The van der Waals surface area contributed by atoms with E-state index in [1.807, 2.05) is 12.4 Å². The highest BCUT2D eigenvalue weighted by Gasteiger charge is 2.13. The van der Waals surface area contributed by atoms with Crippen molar-refractivity contribution >= 4 is 17.7 Å². The lowest BCUT2D eigenvalue weighted by atomic mass is 10.1. The summed E-state index contributed by atoms with van der Waals surface area (Å²) in [7, 11) is 0. The summed E-state index contributed by atoms with van der Waals surface area (Å²) in [5.74, 6) is 1.62. The standard InChI is InChI=1S/C26H39N7O2/c34-24-8-4-3-7-12-28-25-22(19-31-26(32-25)29-13-6-2-1-5-11-27-24)23-10-9-21(18-30-23)20-33-14-16-35-17-15-33/h9-10,18-19H,1-8,11-17,20H2,(H,27,34)(H2,28,29,31,32). The van der Waals surface area contributed by atoms with Crippen molar-refractivity contribution in [3.05, 3.63) is 30.1 Å². The summed E-state index contributed by atoms with van der Waals surface area (Å²) in [6, 6.07) is 4.20. The van der Waals surface area contributed by atoms with Gasteiger partial charge in [0.2, 0.25) is 11.9 Å². The highest BCUT2D eigenvalue weighted by molar-refractivity contribution is 5.75. The van der Waals surface area contributed by atoms with Gasteiger partial charge in [-0.2, -0.15) is 4.98 Å². The second-order valence-corrected chi connectivity index (χ2v) is 9.32. The third kappa shape index (κ3) is 8.43. The number of amides is 1. The number of carbonyl (C=O) groups is 1. The van der Waals surface area contributed by atoms with Crippen LogP contribution in [0, 0.1) is 0 Å². The van der Waals surface area contributed by atoms with Crippen molar-refractivity contribution in [3.8, 4) is 11.3 Å². The van der Waals surface area contributed by atoms with Crippen LogP contribution in [0.25, 0.3) is 11.3 Å². The number of fused-ring (bicyclic) bond motifs is 2. The first-order valence-corrected chi connectivity index (χ1v) is 13.1. The topological polar surface area (TPSA) is 104 Å². The number of carbonyl (C=O) groups excluding carboxylic acids is 1. The molecule has 1 fully saturated rings. The van der Waals surface area contributed by atoms with Crippen molar-refractivity contribution in [2.75, 3.05) is 56.6 Å². The van der Waals surface area contributed by atoms with E-state index in [0.717, 1.165) is 115 Å². The number of rotatable bonds is 3. The second kappa shape index (κ2) is 13.9. The number of hydrogen-bond acceptors (Lipinski definition) is 8. The van der Waals surface area contributed by atoms with Gasteiger partial charge in [0.1, 0.15) is 5.82 Å². The summed E-state index contributed by atoms with van der Waals surface area (Å²) in [6.45, 7) is 6.81. The smallest absolute Gasteiger partial charge is 0.224 e. The van der Waals surface area contributed by atoms with Crippen molar-refractivity contribution in [1.82, 2.24) is 25.2 Å². The van der Waals surface area contributed by atoms with Crippen LogP contribution in [0.2, 0.25) is 0 Å². The molecule has 1 amide bonds. The molecular weight excluding hydrogens is 442 g/mol. The summed E-state index contributed by atoms with van der Waals surface area (Å²) in [6.07, 6.45) is 11.6. The highest BCUT2D eigenvalue weighted by Crippen LogP contribution is 2.26. The second-order valence-electron chi connectivity index (χ2n) is 9.32. The zero-order valence-electron chi connectivity index (χ0n) is 20.7. The molecule has 0 aromatic carbocycles. The molecule has 2 aliphatic rings. The number of morpholine rings is 1. The van der Waals surface area contributed by atoms with Gasteiger partial charge in [-0.05, 0) is 37.3 Å². The lowest BCUT2D eigenvalue weighted by Crippen LogP contribution is -2.35. The van der Waals surface area contributed by atoms with Crippen LogP contribution in [0.1, 0.15) is 56.9 Å². The van der Waals surface area contributed by atoms with Gasteiger partial charge in [-0.25, -0.2) is 4.98 Å². The molecule has 0 aliphatic carbocycles. The number of nitrogens with zero attached hydrogens (tertiary/aromatic N) is 4. The van der Waals surface area contributed by atoms with Gasteiger partial charge >= 0.3 is 0 Å². The van der Waals surface area contributed by atoms with Crippen LogP contribution in [-0.4, -0.2) is 71.7 Å². The minimum absolute atomic E-state index is 0.173. The number of nitrogens with one attached hydrogen (secondary N) is 3. The summed E-state index contributed by atoms with van der Waals surface area (Å²) in [5, 5.41) is 9.89. The Balaban J connectivity index is 1.42. The van der Waals surface area contributed by atoms with Gasteiger partial charge in [-0.1, -0.05) is 25.3 Å². The van der Waals surface area contributed by atoms with Gasteiger partial charge in [0.25, 0.3) is 0 Å². The largest absolute Gasteiger partial charge is 0.379 e. The molecule has 3 N–H and O–H groups in total. The molecular formula is C26H39N7O2. The van der Waals surface area contributed by atoms with Gasteiger partial charge in [0.15, 0.2) is 0 Å². The van der Waals surface area contributed by atoms with E-state index in [1.54, 1.807) is 0 Å². The molecule has 0 atom stereocenters. The Hall–Kier alpha value is -2.78. The molecule has 0 unspecified atom stereocenters. The molecule has 2 bridgehead atoms. The fourth-order valence-electron chi connectivity index (χ4n) is 4.40. The van der Waals surface area contributed by atoms with E-state index >= 15 is 0 Å². The van der Waals surface area contributed by atoms with Crippen molar-refractivity contribution in [2.45, 2.75) is 57.9 Å². The maximum Gasteiger partial charge on any atom is 0.224 e. The van der Waals surface area contributed by atoms with Crippen molar-refractivity contribution in [3.63, 3.8) is 0 Å². The first kappa shape index (κ1) is 25.3. The molecule has 9 nitrogen and oxygen atoms in total. The van der Waals surface area contributed by atoms with Crippen LogP contribution < -0.4 is 16.0 Å². The van der Waals surface area contributed by atoms with E-state index < -0.39 is 0 Å². The molecule has 190 valence electrons. The van der Waals surface area contributed by atoms with Crippen LogP contribution in [0.4, 0.5) is 11.8 Å². The number of pyridine rings is 1. The maximum absolute atomic E-state index is 12.0. The molecule has 1 saturated heterocycles. The van der Waals surface area contributed by atoms with Crippen molar-refractivity contribution < 1.29 is 9.53 Å². The summed E-state index contributed by atoms with van der Waals surface area (Å²) in [4.78, 5) is 28.4. The van der Waals surface area contributed by atoms with Crippen LogP contribution >= 0.6 is 0 Å². The highest BCUT2D eigenvalue weighted by atomic mass is 16.5.